The number of rotatable bonds is 7. The van der Waals surface area contributed by atoms with Crippen molar-refractivity contribution in [2.45, 2.75) is 6.61 Å². The average Bonchev–Trinajstić information content (AvgIpc) is 2.82. The molecule has 0 aliphatic carbocycles. The van der Waals surface area contributed by atoms with E-state index < -0.39 is 16.4 Å². The lowest BCUT2D eigenvalue weighted by molar-refractivity contribution is -0.384. The van der Waals surface area contributed by atoms with E-state index in [0.717, 1.165) is 4.68 Å². The summed E-state index contributed by atoms with van der Waals surface area (Å²) >= 11 is 0. The first kappa shape index (κ1) is 21.4. The number of nitro benzene ring substituents is 1. The third kappa shape index (κ3) is 4.59. The minimum atomic E-state index is -0.654. The maximum Gasteiger partial charge on any atom is 0.282 e. The number of aromatic nitrogens is 2. The fraction of sp³-hybridized carbons (Fsp3) is 0.0435. The van der Waals surface area contributed by atoms with Crippen LogP contribution in [0.25, 0.3) is 10.9 Å². The molecule has 1 amide bonds. The molecule has 10 nitrogen and oxygen atoms in total. The number of para-hydroxylation sites is 2. The number of carbonyl (C=O) groups excluding carboxylic acids is 1. The van der Waals surface area contributed by atoms with Crippen LogP contribution >= 0.6 is 0 Å². The molecule has 0 saturated heterocycles. The minimum Gasteiger partial charge on any atom is -0.485 e. The van der Waals surface area contributed by atoms with E-state index in [0.29, 0.717) is 16.5 Å². The van der Waals surface area contributed by atoms with Gasteiger partial charge in [-0.25, -0.2) is 4.98 Å². The first-order valence-corrected chi connectivity index (χ1v) is 9.75. The Morgan fingerprint density at radius 2 is 1.88 bits per heavy atom. The summed E-state index contributed by atoms with van der Waals surface area (Å²) in [7, 11) is 0. The number of ether oxygens (including phenoxy) is 1. The molecule has 0 bridgehead atoms. The van der Waals surface area contributed by atoms with Crippen molar-refractivity contribution in [3.8, 4) is 5.75 Å². The van der Waals surface area contributed by atoms with Gasteiger partial charge >= 0.3 is 0 Å². The van der Waals surface area contributed by atoms with Crippen LogP contribution < -0.4 is 16.0 Å². The second-order valence-corrected chi connectivity index (χ2v) is 6.91. The lowest BCUT2D eigenvalue weighted by Gasteiger charge is -2.12. The third-order valence-electron chi connectivity index (χ3n) is 4.73. The first-order valence-electron chi connectivity index (χ1n) is 9.75. The van der Waals surface area contributed by atoms with Crippen molar-refractivity contribution in [2.75, 3.05) is 0 Å². The molecule has 164 valence electrons. The highest BCUT2D eigenvalue weighted by Crippen LogP contribution is 2.19. The lowest BCUT2D eigenvalue weighted by Crippen LogP contribution is -2.24. The van der Waals surface area contributed by atoms with Gasteiger partial charge in [-0.3, -0.25) is 19.7 Å². The Morgan fingerprint density at radius 3 is 2.67 bits per heavy atom. The van der Waals surface area contributed by atoms with Gasteiger partial charge < -0.3 is 10.5 Å². The second-order valence-electron chi connectivity index (χ2n) is 6.91. The van der Waals surface area contributed by atoms with Gasteiger partial charge in [0.15, 0.2) is 5.82 Å². The fourth-order valence-electron chi connectivity index (χ4n) is 3.16. The minimum absolute atomic E-state index is 0.102. The summed E-state index contributed by atoms with van der Waals surface area (Å²) < 4.78 is 6.81. The zero-order chi connectivity index (χ0) is 23.4. The number of carbonyl (C=O) groups is 1. The van der Waals surface area contributed by atoms with Crippen LogP contribution in [0.1, 0.15) is 21.7 Å². The van der Waals surface area contributed by atoms with Crippen LogP contribution in [0.5, 0.6) is 5.75 Å². The maximum atomic E-state index is 13.1. The molecule has 0 atom stereocenters. The van der Waals surface area contributed by atoms with Crippen molar-refractivity contribution < 1.29 is 14.5 Å². The summed E-state index contributed by atoms with van der Waals surface area (Å²) in [6, 6.07) is 19.0. The highest BCUT2D eigenvalue weighted by molar-refractivity contribution is 5.95. The summed E-state index contributed by atoms with van der Waals surface area (Å²) in [5.74, 6) is -0.251. The molecule has 0 aliphatic rings. The quantitative estimate of drug-likeness (QED) is 0.264. The molecule has 0 spiro atoms. The van der Waals surface area contributed by atoms with Gasteiger partial charge in [0.1, 0.15) is 12.4 Å². The Morgan fingerprint density at radius 1 is 1.12 bits per heavy atom. The predicted molar refractivity (Wildman–Crippen MR) is 121 cm³/mol. The number of nitrogens with zero attached hydrogens (tertiary/aromatic N) is 4. The van der Waals surface area contributed by atoms with Gasteiger partial charge in [0, 0.05) is 17.7 Å². The number of amides is 1. The number of hydrogen-bond donors (Lipinski definition) is 1. The molecule has 4 aromatic rings. The van der Waals surface area contributed by atoms with E-state index in [1.807, 2.05) is 0 Å². The molecule has 10 heteroatoms. The van der Waals surface area contributed by atoms with Crippen LogP contribution in [0.2, 0.25) is 0 Å². The molecular formula is C23H17N5O5. The van der Waals surface area contributed by atoms with Crippen LogP contribution in [0.3, 0.4) is 0 Å². The molecule has 0 aliphatic heterocycles. The topological polar surface area (TPSA) is 143 Å². The standard InChI is InChI=1S/C23H17N5O5/c24-22(29)18-9-2-4-11-20(18)33-14-21-26-19-10-3-1-8-17(19)23(30)27(21)25-13-15-6-5-7-16(12-15)28(31)32/h1-13H,14H2,(H2,24,29)/b25-13+. The van der Waals surface area contributed by atoms with Crippen molar-refractivity contribution in [3.63, 3.8) is 0 Å². The van der Waals surface area contributed by atoms with Crippen molar-refractivity contribution >= 4 is 28.7 Å². The number of non-ortho nitro benzene ring substituents is 1. The number of benzene rings is 3. The Labute approximate surface area is 186 Å². The number of primary amides is 1. The predicted octanol–water partition coefficient (Wildman–Crippen LogP) is 2.86. The molecule has 33 heavy (non-hydrogen) atoms. The molecule has 1 aromatic heterocycles. The fourth-order valence-corrected chi connectivity index (χ4v) is 3.16. The maximum absolute atomic E-state index is 13.1. The van der Waals surface area contributed by atoms with Gasteiger partial charge in [-0.05, 0) is 24.3 Å². The molecule has 0 unspecified atom stereocenters. The van der Waals surface area contributed by atoms with Crippen molar-refractivity contribution in [2.24, 2.45) is 10.8 Å². The van der Waals surface area contributed by atoms with E-state index in [-0.39, 0.29) is 29.4 Å². The largest absolute Gasteiger partial charge is 0.485 e. The van der Waals surface area contributed by atoms with Gasteiger partial charge in [-0.15, -0.1) is 0 Å². The Balaban J connectivity index is 1.75. The van der Waals surface area contributed by atoms with Gasteiger partial charge in [0.2, 0.25) is 0 Å². The van der Waals surface area contributed by atoms with Crippen LogP contribution in [-0.4, -0.2) is 26.7 Å². The second kappa shape index (κ2) is 9.10. The molecule has 0 saturated carbocycles. The number of nitro groups is 1. The summed E-state index contributed by atoms with van der Waals surface area (Å²) in [5.41, 5.74) is 5.92. The normalized spacial score (nSPS) is 11.0. The molecule has 3 aromatic carbocycles. The van der Waals surface area contributed by atoms with Crippen LogP contribution in [-0.2, 0) is 6.61 Å². The first-order chi connectivity index (χ1) is 15.9. The van der Waals surface area contributed by atoms with Gasteiger partial charge in [0.05, 0.1) is 27.6 Å². The highest BCUT2D eigenvalue weighted by Gasteiger charge is 2.14. The van der Waals surface area contributed by atoms with E-state index in [4.69, 9.17) is 10.5 Å². The Kier molecular flexibility index (Phi) is 5.90. The number of nitrogens with two attached hydrogens (primary N) is 1. The van der Waals surface area contributed by atoms with E-state index >= 15 is 0 Å². The number of hydrogen-bond acceptors (Lipinski definition) is 7. The molecule has 0 fully saturated rings. The molecule has 4 rings (SSSR count). The van der Waals surface area contributed by atoms with Gasteiger partial charge in [0.25, 0.3) is 17.2 Å². The van der Waals surface area contributed by atoms with E-state index in [1.165, 1.54) is 30.5 Å². The summed E-state index contributed by atoms with van der Waals surface area (Å²) in [5, 5.41) is 15.6. The Bertz CT molecular complexity index is 1460. The molecular weight excluding hydrogens is 426 g/mol. The zero-order valence-corrected chi connectivity index (χ0v) is 17.1. The molecule has 1 heterocycles. The lowest BCUT2D eigenvalue weighted by atomic mass is 10.2. The van der Waals surface area contributed by atoms with Gasteiger partial charge in [-0.1, -0.05) is 36.4 Å². The van der Waals surface area contributed by atoms with Gasteiger partial charge in [-0.2, -0.15) is 9.78 Å². The van der Waals surface area contributed by atoms with Crippen LogP contribution in [0.15, 0.2) is 82.7 Å². The van der Waals surface area contributed by atoms with E-state index in [2.05, 4.69) is 10.1 Å². The van der Waals surface area contributed by atoms with Crippen LogP contribution in [0.4, 0.5) is 5.69 Å². The van der Waals surface area contributed by atoms with E-state index in [1.54, 1.807) is 48.5 Å². The SMILES string of the molecule is NC(=O)c1ccccc1OCc1nc2ccccc2c(=O)n1/N=C/c1cccc([N+](=O)[O-])c1. The molecule has 2 N–H and O–H groups in total. The van der Waals surface area contributed by atoms with Crippen molar-refractivity contribution in [1.29, 1.82) is 0 Å². The molecule has 0 radical (unpaired) electrons. The van der Waals surface area contributed by atoms with Crippen molar-refractivity contribution in [3.05, 3.63) is 110 Å². The Hall–Kier alpha value is -4.86. The summed E-state index contributed by atoms with van der Waals surface area (Å²) in [4.78, 5) is 39.8. The summed E-state index contributed by atoms with van der Waals surface area (Å²) in [6.07, 6.45) is 1.33. The van der Waals surface area contributed by atoms with E-state index in [9.17, 15) is 19.7 Å². The zero-order valence-electron chi connectivity index (χ0n) is 17.1. The average molecular weight is 443 g/mol. The highest BCUT2D eigenvalue weighted by atomic mass is 16.6. The monoisotopic (exact) mass is 443 g/mol. The number of fused-ring (bicyclic) bond motifs is 1. The van der Waals surface area contributed by atoms with Crippen molar-refractivity contribution in [1.82, 2.24) is 9.66 Å². The third-order valence-corrected chi connectivity index (χ3v) is 4.73. The smallest absolute Gasteiger partial charge is 0.282 e. The summed E-state index contributed by atoms with van der Waals surface area (Å²) in [6.45, 7) is -0.184. The van der Waals surface area contributed by atoms with Crippen LogP contribution in [0, 0.1) is 10.1 Å².